The zero-order valence-electron chi connectivity index (χ0n) is 10.5. The highest BCUT2D eigenvalue weighted by Gasteiger charge is 2.15. The summed E-state index contributed by atoms with van der Waals surface area (Å²) in [7, 11) is -1.59. The topological polar surface area (TPSA) is 67.4 Å². The van der Waals surface area contributed by atoms with Crippen LogP contribution in [-0.2, 0) is 14.8 Å². The molecule has 1 atom stereocenters. The molecule has 0 amide bonds. The van der Waals surface area contributed by atoms with E-state index in [0.29, 0.717) is 13.0 Å². The third-order valence-electron chi connectivity index (χ3n) is 2.22. The highest BCUT2D eigenvalue weighted by molar-refractivity contribution is 7.89. The Hall–Kier alpha value is -0.170. The third-order valence-corrected chi connectivity index (χ3v) is 3.74. The van der Waals surface area contributed by atoms with Gasteiger partial charge in [0.05, 0.1) is 12.4 Å². The lowest BCUT2D eigenvalue weighted by molar-refractivity contribution is 0.173. The van der Waals surface area contributed by atoms with Crippen LogP contribution in [0.4, 0.5) is 0 Å². The molecule has 0 spiro atoms. The maximum absolute atomic E-state index is 11.6. The number of nitrogens with one attached hydrogen (secondary N) is 2. The molecule has 6 heteroatoms. The van der Waals surface area contributed by atoms with Crippen LogP contribution in [0.5, 0.6) is 0 Å². The minimum atomic E-state index is -3.17. The number of hydrogen-bond donors (Lipinski definition) is 2. The summed E-state index contributed by atoms with van der Waals surface area (Å²) in [6.45, 7) is 5.96. The van der Waals surface area contributed by atoms with Crippen LogP contribution in [0.15, 0.2) is 0 Å². The Morgan fingerprint density at radius 3 is 2.50 bits per heavy atom. The molecule has 0 aromatic rings. The molecule has 1 unspecified atom stereocenters. The van der Waals surface area contributed by atoms with Crippen molar-refractivity contribution in [3.63, 3.8) is 0 Å². The van der Waals surface area contributed by atoms with Crippen molar-refractivity contribution in [1.82, 2.24) is 10.0 Å². The summed E-state index contributed by atoms with van der Waals surface area (Å²) in [5.74, 6) is 0.167. The number of sulfonamides is 1. The van der Waals surface area contributed by atoms with E-state index in [1.807, 2.05) is 13.8 Å². The zero-order valence-corrected chi connectivity index (χ0v) is 11.3. The van der Waals surface area contributed by atoms with Gasteiger partial charge in [-0.2, -0.15) is 0 Å². The SMILES string of the molecule is CCNCCCS(=O)(=O)NC(CC)COC. The molecule has 0 heterocycles. The predicted octanol–water partition coefficient (Wildman–Crippen LogP) is 0.330. The second-order valence-corrected chi connectivity index (χ2v) is 5.58. The normalized spacial score (nSPS) is 13.9. The van der Waals surface area contributed by atoms with Crippen LogP contribution in [0, 0.1) is 0 Å². The van der Waals surface area contributed by atoms with Crippen LogP contribution < -0.4 is 10.0 Å². The van der Waals surface area contributed by atoms with Crippen LogP contribution in [0.1, 0.15) is 26.7 Å². The summed E-state index contributed by atoms with van der Waals surface area (Å²) in [6.07, 6.45) is 1.37. The lowest BCUT2D eigenvalue weighted by Gasteiger charge is -2.15. The summed E-state index contributed by atoms with van der Waals surface area (Å²) >= 11 is 0. The van der Waals surface area contributed by atoms with Crippen molar-refractivity contribution in [3.8, 4) is 0 Å². The molecule has 16 heavy (non-hydrogen) atoms. The van der Waals surface area contributed by atoms with Gasteiger partial charge in [-0.3, -0.25) is 0 Å². The molecule has 0 saturated heterocycles. The van der Waals surface area contributed by atoms with E-state index < -0.39 is 10.0 Å². The number of rotatable bonds is 10. The molecule has 0 saturated carbocycles. The maximum atomic E-state index is 11.6. The van der Waals surface area contributed by atoms with Crippen LogP contribution >= 0.6 is 0 Å². The van der Waals surface area contributed by atoms with Crippen molar-refractivity contribution in [3.05, 3.63) is 0 Å². The molecule has 0 rings (SSSR count). The minimum absolute atomic E-state index is 0.117. The molecule has 0 aromatic carbocycles. The van der Waals surface area contributed by atoms with Crippen LogP contribution in [0.25, 0.3) is 0 Å². The summed E-state index contributed by atoms with van der Waals surface area (Å²) in [5, 5.41) is 3.10. The fourth-order valence-corrected chi connectivity index (χ4v) is 2.70. The van der Waals surface area contributed by atoms with Crippen LogP contribution in [0.3, 0.4) is 0 Å². The highest BCUT2D eigenvalue weighted by Crippen LogP contribution is 1.97. The van der Waals surface area contributed by atoms with Crippen molar-refractivity contribution < 1.29 is 13.2 Å². The molecular weight excluding hydrogens is 228 g/mol. The average molecular weight is 252 g/mol. The number of hydrogen-bond acceptors (Lipinski definition) is 4. The van der Waals surface area contributed by atoms with E-state index >= 15 is 0 Å². The first-order valence-electron chi connectivity index (χ1n) is 5.75. The Bertz CT molecular complexity index is 255. The zero-order chi connectivity index (χ0) is 12.4. The van der Waals surface area contributed by atoms with Gasteiger partial charge in [0.25, 0.3) is 0 Å². The Balaban J connectivity index is 3.92. The molecule has 0 fully saturated rings. The predicted molar refractivity (Wildman–Crippen MR) is 66.0 cm³/mol. The van der Waals surface area contributed by atoms with Gasteiger partial charge in [0, 0.05) is 13.2 Å². The second-order valence-electron chi connectivity index (χ2n) is 3.70. The summed E-state index contributed by atoms with van der Waals surface area (Å²) in [5.41, 5.74) is 0. The Morgan fingerprint density at radius 2 is 2.00 bits per heavy atom. The van der Waals surface area contributed by atoms with Crippen molar-refractivity contribution in [1.29, 1.82) is 0 Å². The smallest absolute Gasteiger partial charge is 0.211 e. The first-order valence-corrected chi connectivity index (χ1v) is 7.40. The second kappa shape index (κ2) is 8.92. The van der Waals surface area contributed by atoms with E-state index in [-0.39, 0.29) is 11.8 Å². The molecule has 0 aliphatic heterocycles. The van der Waals surface area contributed by atoms with Gasteiger partial charge in [-0.15, -0.1) is 0 Å². The van der Waals surface area contributed by atoms with Gasteiger partial charge in [-0.1, -0.05) is 13.8 Å². The lowest BCUT2D eigenvalue weighted by atomic mass is 10.3. The van der Waals surface area contributed by atoms with E-state index in [2.05, 4.69) is 10.0 Å². The number of ether oxygens (including phenoxy) is 1. The number of methoxy groups -OCH3 is 1. The molecule has 2 N–H and O–H groups in total. The maximum Gasteiger partial charge on any atom is 0.211 e. The van der Waals surface area contributed by atoms with E-state index in [0.717, 1.165) is 19.5 Å². The Morgan fingerprint density at radius 1 is 1.31 bits per heavy atom. The van der Waals surface area contributed by atoms with Crippen molar-refractivity contribution >= 4 is 10.0 Å². The molecule has 0 bridgehead atoms. The highest BCUT2D eigenvalue weighted by atomic mass is 32.2. The average Bonchev–Trinajstić information content (AvgIpc) is 2.23. The van der Waals surface area contributed by atoms with Gasteiger partial charge in [-0.25, -0.2) is 13.1 Å². The summed E-state index contributed by atoms with van der Waals surface area (Å²) < 4.78 is 30.9. The van der Waals surface area contributed by atoms with Gasteiger partial charge in [-0.05, 0) is 25.9 Å². The molecule has 0 radical (unpaired) electrons. The van der Waals surface area contributed by atoms with E-state index in [1.165, 1.54) is 0 Å². The Kier molecular flexibility index (Phi) is 8.83. The molecule has 0 aliphatic rings. The van der Waals surface area contributed by atoms with Crippen molar-refractivity contribution in [2.75, 3.05) is 32.6 Å². The van der Waals surface area contributed by atoms with Crippen molar-refractivity contribution in [2.45, 2.75) is 32.7 Å². The molecular formula is C10H24N2O3S. The van der Waals surface area contributed by atoms with Gasteiger partial charge < -0.3 is 10.1 Å². The first-order chi connectivity index (χ1) is 7.55. The summed E-state index contributed by atoms with van der Waals surface area (Å²) in [4.78, 5) is 0. The molecule has 98 valence electrons. The standard InChI is InChI=1S/C10H24N2O3S/c1-4-10(9-15-3)12-16(13,14)8-6-7-11-5-2/h10-12H,4-9H2,1-3H3. The molecule has 0 aromatic heterocycles. The van der Waals surface area contributed by atoms with Gasteiger partial charge in [0.1, 0.15) is 0 Å². The van der Waals surface area contributed by atoms with E-state index in [1.54, 1.807) is 7.11 Å². The largest absolute Gasteiger partial charge is 0.383 e. The first kappa shape index (κ1) is 15.8. The van der Waals surface area contributed by atoms with Gasteiger partial charge in [0.2, 0.25) is 10.0 Å². The molecule has 5 nitrogen and oxygen atoms in total. The van der Waals surface area contributed by atoms with Crippen molar-refractivity contribution in [2.24, 2.45) is 0 Å². The van der Waals surface area contributed by atoms with E-state index in [9.17, 15) is 8.42 Å². The fourth-order valence-electron chi connectivity index (χ4n) is 1.31. The quantitative estimate of drug-likeness (QED) is 0.550. The van der Waals surface area contributed by atoms with E-state index in [4.69, 9.17) is 4.74 Å². The summed E-state index contributed by atoms with van der Waals surface area (Å²) in [6, 6.07) is -0.117. The van der Waals surface area contributed by atoms with Gasteiger partial charge in [0.15, 0.2) is 0 Å². The van der Waals surface area contributed by atoms with Crippen LogP contribution in [-0.4, -0.2) is 47.0 Å². The van der Waals surface area contributed by atoms with Crippen LogP contribution in [0.2, 0.25) is 0 Å². The van der Waals surface area contributed by atoms with Gasteiger partial charge >= 0.3 is 0 Å². The Labute approximate surface area is 99.0 Å². The molecule has 0 aliphatic carbocycles. The fraction of sp³-hybridized carbons (Fsp3) is 1.00. The third kappa shape index (κ3) is 8.04. The monoisotopic (exact) mass is 252 g/mol. The minimum Gasteiger partial charge on any atom is -0.383 e. The lowest BCUT2D eigenvalue weighted by Crippen LogP contribution is -2.39.